The molecule has 2 heterocycles. The minimum atomic E-state index is -0.0466. The molecule has 2 amide bonds. The number of allylic oxidation sites excluding steroid dienone is 2. The molecule has 0 saturated heterocycles. The minimum Gasteiger partial charge on any atom is -0.331 e. The van der Waals surface area contributed by atoms with E-state index in [1.807, 2.05) is 35.2 Å². The van der Waals surface area contributed by atoms with Crippen molar-refractivity contribution in [3.8, 4) is 0 Å². The van der Waals surface area contributed by atoms with Crippen molar-refractivity contribution in [1.82, 2.24) is 15.2 Å². The highest BCUT2D eigenvalue weighted by Gasteiger charge is 2.47. The average molecular weight is 482 g/mol. The van der Waals surface area contributed by atoms with E-state index in [1.54, 1.807) is 18.6 Å². The van der Waals surface area contributed by atoms with Crippen LogP contribution in [0.1, 0.15) is 50.6 Å². The van der Waals surface area contributed by atoms with Gasteiger partial charge in [-0.3, -0.25) is 9.98 Å². The third kappa shape index (κ3) is 5.03. The van der Waals surface area contributed by atoms with Gasteiger partial charge >= 0.3 is 6.03 Å². The van der Waals surface area contributed by atoms with Crippen LogP contribution >= 0.6 is 0 Å². The van der Waals surface area contributed by atoms with Crippen molar-refractivity contribution in [2.24, 2.45) is 22.2 Å². The van der Waals surface area contributed by atoms with E-state index in [0.717, 1.165) is 55.6 Å². The van der Waals surface area contributed by atoms with Crippen molar-refractivity contribution < 1.29 is 4.79 Å². The first kappa shape index (κ1) is 24.2. The molecule has 1 aliphatic heterocycles. The second-order valence-electron chi connectivity index (χ2n) is 10.4. The third-order valence-electron chi connectivity index (χ3n) is 8.21. The number of carbonyl (C=O) groups excluding carboxylic acids is 1. The van der Waals surface area contributed by atoms with E-state index in [9.17, 15) is 4.79 Å². The molecule has 4 unspecified atom stereocenters. The minimum absolute atomic E-state index is 0.0121. The predicted octanol–water partition coefficient (Wildman–Crippen LogP) is 6.27. The van der Waals surface area contributed by atoms with E-state index in [-0.39, 0.29) is 23.4 Å². The van der Waals surface area contributed by atoms with Gasteiger partial charge in [0.2, 0.25) is 0 Å². The lowest BCUT2D eigenvalue weighted by molar-refractivity contribution is 0.184. The number of hydrogen-bond donors (Lipinski definition) is 2. The molecule has 2 aliphatic carbocycles. The van der Waals surface area contributed by atoms with Gasteiger partial charge in [-0.25, -0.2) is 4.79 Å². The Hall–Kier alpha value is -3.54. The van der Waals surface area contributed by atoms with Gasteiger partial charge in [-0.1, -0.05) is 55.0 Å². The van der Waals surface area contributed by atoms with Crippen LogP contribution in [0.25, 0.3) is 0 Å². The van der Waals surface area contributed by atoms with Gasteiger partial charge in [0.25, 0.3) is 0 Å². The highest BCUT2D eigenvalue weighted by Crippen LogP contribution is 2.56. The number of nitrogens with one attached hydrogen (secondary N) is 2. The number of amides is 2. The molecule has 0 radical (unpaired) electrons. The molecule has 1 aromatic heterocycles. The van der Waals surface area contributed by atoms with Crippen LogP contribution < -0.4 is 5.32 Å². The van der Waals surface area contributed by atoms with Gasteiger partial charge < -0.3 is 15.6 Å². The average Bonchev–Trinajstić information content (AvgIpc) is 3.24. The van der Waals surface area contributed by atoms with Crippen LogP contribution in [-0.4, -0.2) is 40.9 Å². The Balaban J connectivity index is 1.39. The van der Waals surface area contributed by atoms with Gasteiger partial charge in [0.1, 0.15) is 0 Å². The molecule has 2 N–H and O–H groups in total. The third-order valence-corrected chi connectivity index (χ3v) is 8.21. The first-order chi connectivity index (χ1) is 17.6. The number of hydrogen-bond acceptors (Lipinski definition) is 4. The number of aliphatic imine (C=N–C) groups is 1. The summed E-state index contributed by atoms with van der Waals surface area (Å²) in [5.74, 6) is 0.391. The van der Waals surface area contributed by atoms with E-state index in [4.69, 9.17) is 10.4 Å². The summed E-state index contributed by atoms with van der Waals surface area (Å²) in [7, 11) is 0. The number of nitrogens with zero attached hydrogens (tertiary/aromatic N) is 3. The van der Waals surface area contributed by atoms with E-state index in [0.29, 0.717) is 12.5 Å². The quantitative estimate of drug-likeness (QED) is 0.377. The highest BCUT2D eigenvalue weighted by atomic mass is 16.2. The number of carbonyl (C=O) groups is 1. The SMILES string of the molecule is CC12CC(C=N)C(=Nc3cccnc3)C=C1CCC2CC(NC(=O)N1CC=CCC1)c1ccccc1. The molecule has 0 bridgehead atoms. The van der Waals surface area contributed by atoms with E-state index < -0.39 is 0 Å². The largest absolute Gasteiger partial charge is 0.331 e. The summed E-state index contributed by atoms with van der Waals surface area (Å²) in [6.07, 6.45) is 16.3. The van der Waals surface area contributed by atoms with Crippen LogP contribution in [0.15, 0.2) is 83.7 Å². The Morgan fingerprint density at radius 1 is 1.28 bits per heavy atom. The summed E-state index contributed by atoms with van der Waals surface area (Å²) in [6.45, 7) is 3.78. The number of pyridine rings is 1. The standard InChI is InChI=1S/C30H35N5O/c1-30-19-23(20-31)28(33-26-11-8-14-32-21-26)18-25(30)13-12-24(30)17-27(22-9-4-2-5-10-22)34-29(36)35-15-6-3-7-16-35/h2-6,8-11,14,18,20-21,23-24,27,31H,7,12-13,15-17,19H2,1H3,(H,34,36). The number of aromatic nitrogens is 1. The second kappa shape index (κ2) is 10.6. The number of benzene rings is 1. The Morgan fingerprint density at radius 3 is 2.86 bits per heavy atom. The lowest BCUT2D eigenvalue weighted by atomic mass is 9.65. The van der Waals surface area contributed by atoms with Crippen LogP contribution in [0.4, 0.5) is 10.5 Å². The molecule has 6 heteroatoms. The fraction of sp³-hybridized carbons (Fsp3) is 0.400. The first-order valence-corrected chi connectivity index (χ1v) is 13.0. The Morgan fingerprint density at radius 2 is 2.14 bits per heavy atom. The molecular weight excluding hydrogens is 446 g/mol. The summed E-state index contributed by atoms with van der Waals surface area (Å²) >= 11 is 0. The molecule has 1 aromatic carbocycles. The van der Waals surface area contributed by atoms with Crippen LogP contribution in [0.2, 0.25) is 0 Å². The summed E-state index contributed by atoms with van der Waals surface area (Å²) in [5, 5.41) is 11.5. The fourth-order valence-electron chi connectivity index (χ4n) is 6.10. The van der Waals surface area contributed by atoms with Crippen molar-refractivity contribution in [2.75, 3.05) is 13.1 Å². The van der Waals surface area contributed by atoms with Crippen LogP contribution in [0, 0.1) is 22.7 Å². The van der Waals surface area contributed by atoms with Crippen LogP contribution in [-0.2, 0) is 0 Å². The van der Waals surface area contributed by atoms with Gasteiger partial charge in [0.05, 0.1) is 17.9 Å². The maximum atomic E-state index is 13.2. The van der Waals surface area contributed by atoms with E-state index >= 15 is 0 Å². The molecular formula is C30H35N5O. The maximum Gasteiger partial charge on any atom is 0.318 e. The summed E-state index contributed by atoms with van der Waals surface area (Å²) in [5.41, 5.74) is 4.35. The first-order valence-electron chi connectivity index (χ1n) is 13.0. The monoisotopic (exact) mass is 481 g/mol. The molecule has 0 spiro atoms. The van der Waals surface area contributed by atoms with Gasteiger partial charge in [-0.2, -0.15) is 0 Å². The zero-order valence-electron chi connectivity index (χ0n) is 20.9. The maximum absolute atomic E-state index is 13.2. The molecule has 1 fully saturated rings. The molecule has 5 rings (SSSR count). The fourth-order valence-corrected chi connectivity index (χ4v) is 6.10. The smallest absolute Gasteiger partial charge is 0.318 e. The molecule has 3 aliphatic rings. The number of urea groups is 1. The van der Waals surface area contributed by atoms with Crippen molar-refractivity contribution in [1.29, 1.82) is 5.41 Å². The van der Waals surface area contributed by atoms with Gasteiger partial charge in [-0.05, 0) is 67.2 Å². The molecule has 1 saturated carbocycles. The van der Waals surface area contributed by atoms with Crippen molar-refractivity contribution in [3.63, 3.8) is 0 Å². The number of fused-ring (bicyclic) bond motifs is 1. The summed E-state index contributed by atoms with van der Waals surface area (Å²) in [4.78, 5) is 24.1. The zero-order chi connectivity index (χ0) is 25.0. The zero-order valence-corrected chi connectivity index (χ0v) is 20.9. The van der Waals surface area contributed by atoms with Crippen molar-refractivity contribution >= 4 is 23.6 Å². The van der Waals surface area contributed by atoms with Crippen LogP contribution in [0.3, 0.4) is 0 Å². The second-order valence-corrected chi connectivity index (χ2v) is 10.4. The molecule has 36 heavy (non-hydrogen) atoms. The van der Waals surface area contributed by atoms with Crippen LogP contribution in [0.5, 0.6) is 0 Å². The van der Waals surface area contributed by atoms with Gasteiger partial charge in [-0.15, -0.1) is 0 Å². The highest BCUT2D eigenvalue weighted by molar-refractivity contribution is 6.07. The predicted molar refractivity (Wildman–Crippen MR) is 145 cm³/mol. The van der Waals surface area contributed by atoms with E-state index in [1.165, 1.54) is 5.57 Å². The normalized spacial score (nSPS) is 27.3. The van der Waals surface area contributed by atoms with Gasteiger partial charge in [0.15, 0.2) is 0 Å². The summed E-state index contributed by atoms with van der Waals surface area (Å²) < 4.78 is 0. The number of rotatable bonds is 6. The Kier molecular flexibility index (Phi) is 7.12. The van der Waals surface area contributed by atoms with Crippen molar-refractivity contribution in [2.45, 2.75) is 45.1 Å². The van der Waals surface area contributed by atoms with E-state index in [2.05, 4.69) is 47.6 Å². The lowest BCUT2D eigenvalue weighted by Gasteiger charge is -2.40. The molecule has 186 valence electrons. The topological polar surface area (TPSA) is 81.4 Å². The Bertz CT molecular complexity index is 1170. The van der Waals surface area contributed by atoms with Crippen molar-refractivity contribution in [3.05, 3.63) is 84.2 Å². The molecule has 4 atom stereocenters. The summed E-state index contributed by atoms with van der Waals surface area (Å²) in [6, 6.07) is 14.2. The van der Waals surface area contributed by atoms with Gasteiger partial charge in [0, 0.05) is 37.1 Å². The molecule has 2 aromatic rings. The lowest BCUT2D eigenvalue weighted by Crippen LogP contribution is -2.44. The molecule has 6 nitrogen and oxygen atoms in total. The Labute approximate surface area is 213 Å².